The van der Waals surface area contributed by atoms with Gasteiger partial charge in [0.15, 0.2) is 6.17 Å². The summed E-state index contributed by atoms with van der Waals surface area (Å²) in [6, 6.07) is 5.09. The maximum atomic E-state index is 12.8. The number of aromatic nitrogens is 2. The van der Waals surface area contributed by atoms with Gasteiger partial charge in [-0.3, -0.25) is 14.9 Å². The summed E-state index contributed by atoms with van der Waals surface area (Å²) in [4.78, 5) is 50.0. The second-order valence-electron chi connectivity index (χ2n) is 9.73. The molecule has 3 aliphatic rings. The van der Waals surface area contributed by atoms with Crippen molar-refractivity contribution in [3.63, 3.8) is 0 Å². The second-order valence-corrected chi connectivity index (χ2v) is 11.4. The highest BCUT2D eigenvalue weighted by atomic mass is 79.9. The van der Waals surface area contributed by atoms with E-state index in [1.54, 1.807) is 55.1 Å². The van der Waals surface area contributed by atoms with Gasteiger partial charge < -0.3 is 29.8 Å². The summed E-state index contributed by atoms with van der Waals surface area (Å²) in [5.74, 6) is 0.109. The maximum absolute atomic E-state index is 12.8. The Labute approximate surface area is 242 Å². The fourth-order valence-electron chi connectivity index (χ4n) is 3.90. The molecule has 0 saturated carbocycles. The minimum atomic E-state index is -0.605. The van der Waals surface area contributed by atoms with Crippen LogP contribution in [0.1, 0.15) is 41.7 Å². The van der Waals surface area contributed by atoms with Crippen molar-refractivity contribution >= 4 is 55.7 Å². The van der Waals surface area contributed by atoms with Crippen molar-refractivity contribution in [1.29, 1.82) is 0 Å². The molecule has 3 aliphatic heterocycles. The zero-order valence-corrected chi connectivity index (χ0v) is 24.7. The summed E-state index contributed by atoms with van der Waals surface area (Å²) in [5, 5.41) is 5.68. The van der Waals surface area contributed by atoms with E-state index in [-0.39, 0.29) is 23.8 Å². The number of ether oxygens (including phenoxy) is 1. The summed E-state index contributed by atoms with van der Waals surface area (Å²) in [6.45, 7) is 6.43. The molecule has 206 valence electrons. The molecule has 5 rings (SSSR count). The van der Waals surface area contributed by atoms with Crippen LogP contribution in [-0.2, 0) is 4.74 Å². The van der Waals surface area contributed by atoms with Crippen molar-refractivity contribution < 1.29 is 19.1 Å². The van der Waals surface area contributed by atoms with E-state index < -0.39 is 17.9 Å². The van der Waals surface area contributed by atoms with Gasteiger partial charge in [0.25, 0.3) is 11.8 Å². The molecule has 2 aromatic rings. The van der Waals surface area contributed by atoms with Gasteiger partial charge in [-0.1, -0.05) is 24.3 Å². The van der Waals surface area contributed by atoms with E-state index in [1.165, 1.54) is 0 Å². The van der Waals surface area contributed by atoms with Gasteiger partial charge in [-0.25, -0.2) is 9.79 Å². The Bertz CT molecular complexity index is 1320. The third-order valence-electron chi connectivity index (χ3n) is 5.59. The van der Waals surface area contributed by atoms with E-state index in [0.717, 1.165) is 4.47 Å². The van der Waals surface area contributed by atoms with Crippen molar-refractivity contribution in [2.24, 2.45) is 4.99 Å². The molecule has 11 nitrogen and oxygen atoms in total. The van der Waals surface area contributed by atoms with Crippen molar-refractivity contribution in [3.8, 4) is 0 Å². The molecule has 2 unspecified atom stereocenters. The van der Waals surface area contributed by atoms with Gasteiger partial charge in [-0.2, -0.15) is 0 Å². The van der Waals surface area contributed by atoms with Crippen molar-refractivity contribution in [1.82, 2.24) is 30.4 Å². The van der Waals surface area contributed by atoms with Gasteiger partial charge in [0.2, 0.25) is 5.96 Å². The fraction of sp³-hybridized carbons (Fsp3) is 0.308. The third kappa shape index (κ3) is 7.30. The number of allylic oxidation sites excluding steroid dienone is 2. The zero-order valence-electron chi connectivity index (χ0n) is 21.6. The first kappa shape index (κ1) is 28.4. The number of nitrogens with one attached hydrogen (secondary N) is 4. The summed E-state index contributed by atoms with van der Waals surface area (Å²) < 4.78 is 6.70. The lowest BCUT2D eigenvalue weighted by Gasteiger charge is -2.31. The predicted molar refractivity (Wildman–Crippen MR) is 154 cm³/mol. The quantitative estimate of drug-likeness (QED) is 0.357. The number of rotatable bonds is 2. The SMILES string of the molecule is CC(C)(C)OC(=O)NC1=NC2C(C=CCN2C(=O)c2cc(Br)c(Br)[nH]2)N1.O=C(c1ccc[nH]1)N1C=CC=CC1. The number of carbonyl (C=O) groups is 3. The molecular weight excluding hydrogens is 634 g/mol. The molecule has 0 aromatic carbocycles. The number of guanidine groups is 1. The molecule has 5 heterocycles. The van der Waals surface area contributed by atoms with Crippen LogP contribution < -0.4 is 10.6 Å². The molecule has 0 fully saturated rings. The first-order valence-corrected chi connectivity index (χ1v) is 13.7. The average molecular weight is 663 g/mol. The average Bonchev–Trinajstić information content (AvgIpc) is 3.63. The largest absolute Gasteiger partial charge is 0.444 e. The van der Waals surface area contributed by atoms with Crippen molar-refractivity contribution in [3.05, 3.63) is 81.4 Å². The third-order valence-corrected chi connectivity index (χ3v) is 7.37. The Morgan fingerprint density at radius 1 is 1.10 bits per heavy atom. The Balaban J connectivity index is 0.000000226. The minimum absolute atomic E-state index is 0.00519. The monoisotopic (exact) mass is 661 g/mol. The number of nitrogens with zero attached hydrogens (tertiary/aromatic N) is 3. The van der Waals surface area contributed by atoms with E-state index in [9.17, 15) is 14.4 Å². The van der Waals surface area contributed by atoms with Gasteiger partial charge in [0.05, 0.1) is 15.1 Å². The highest BCUT2D eigenvalue weighted by Crippen LogP contribution is 2.26. The van der Waals surface area contributed by atoms with E-state index >= 15 is 0 Å². The molecule has 4 N–H and O–H groups in total. The first-order valence-electron chi connectivity index (χ1n) is 12.2. The number of aliphatic imine (C=N–C) groups is 1. The van der Waals surface area contributed by atoms with Crippen LogP contribution in [0, 0.1) is 0 Å². The topological polar surface area (TPSA) is 135 Å². The van der Waals surface area contributed by atoms with E-state index in [1.807, 2.05) is 36.4 Å². The maximum Gasteiger partial charge on any atom is 0.414 e. The molecule has 2 atom stereocenters. The lowest BCUT2D eigenvalue weighted by Crippen LogP contribution is -2.50. The second kappa shape index (κ2) is 12.1. The lowest BCUT2D eigenvalue weighted by atomic mass is 10.1. The van der Waals surface area contributed by atoms with E-state index in [4.69, 9.17) is 4.74 Å². The Morgan fingerprint density at radius 3 is 2.51 bits per heavy atom. The molecule has 13 heteroatoms. The van der Waals surface area contributed by atoms with Gasteiger partial charge in [0.1, 0.15) is 17.0 Å². The Hall–Kier alpha value is -3.58. The van der Waals surface area contributed by atoms with Crippen LogP contribution >= 0.6 is 31.9 Å². The molecule has 0 radical (unpaired) electrons. The van der Waals surface area contributed by atoms with Gasteiger partial charge in [-0.15, -0.1) is 0 Å². The number of amides is 3. The van der Waals surface area contributed by atoms with Crippen LogP contribution in [0.25, 0.3) is 0 Å². The smallest absolute Gasteiger partial charge is 0.414 e. The highest BCUT2D eigenvalue weighted by Gasteiger charge is 2.38. The van der Waals surface area contributed by atoms with Crippen LogP contribution in [0.3, 0.4) is 0 Å². The number of halogens is 2. The molecule has 39 heavy (non-hydrogen) atoms. The normalized spacial score (nSPS) is 19.5. The van der Waals surface area contributed by atoms with E-state index in [0.29, 0.717) is 29.1 Å². The molecule has 2 aromatic heterocycles. The molecule has 3 amide bonds. The van der Waals surface area contributed by atoms with Crippen LogP contribution in [0.4, 0.5) is 4.79 Å². The molecule has 0 spiro atoms. The number of aromatic amines is 2. The molecule has 0 saturated heterocycles. The lowest BCUT2D eigenvalue weighted by molar-refractivity contribution is 0.0561. The minimum Gasteiger partial charge on any atom is -0.444 e. The highest BCUT2D eigenvalue weighted by molar-refractivity contribution is 9.13. The predicted octanol–water partition coefficient (Wildman–Crippen LogP) is 4.27. The van der Waals surface area contributed by atoms with Crippen molar-refractivity contribution in [2.45, 2.75) is 38.6 Å². The Kier molecular flexibility index (Phi) is 8.80. The standard InChI is InChI=1S/C16H19Br2N5O3.C10H10N2O/c1-16(2,3)26-15(25)22-14-20-9-5-4-6-23(12(9)21-14)13(24)10-7-8(17)11(18)19-10;13-10(9-5-4-6-11-9)12-7-2-1-3-8-12/h4-5,7,9,12,19H,6H2,1-3H3,(H2,20,21,22,25);1-7,11H,8H2. The summed E-state index contributed by atoms with van der Waals surface area (Å²) in [5.41, 5.74) is 0.466. The van der Waals surface area contributed by atoms with Crippen LogP contribution in [-0.4, -0.2) is 74.5 Å². The van der Waals surface area contributed by atoms with Crippen molar-refractivity contribution in [2.75, 3.05) is 13.1 Å². The number of carbonyl (C=O) groups excluding carboxylic acids is 3. The molecule has 0 aliphatic carbocycles. The number of hydrogen-bond acceptors (Lipinski definition) is 6. The zero-order chi connectivity index (χ0) is 28.2. The first-order chi connectivity index (χ1) is 18.5. The number of hydrogen-bond donors (Lipinski definition) is 4. The van der Waals surface area contributed by atoms with Crippen LogP contribution in [0.15, 0.2) is 75.0 Å². The fourth-order valence-corrected chi connectivity index (χ4v) is 4.56. The van der Waals surface area contributed by atoms with Gasteiger partial charge in [-0.05, 0) is 76.9 Å². The number of alkyl carbamates (subject to hydrolysis) is 1. The number of H-pyrrole nitrogens is 2. The summed E-state index contributed by atoms with van der Waals surface area (Å²) in [6.07, 6.45) is 12.0. The summed E-state index contributed by atoms with van der Waals surface area (Å²) >= 11 is 6.70. The van der Waals surface area contributed by atoms with Gasteiger partial charge >= 0.3 is 6.09 Å². The summed E-state index contributed by atoms with van der Waals surface area (Å²) in [7, 11) is 0. The van der Waals surface area contributed by atoms with Gasteiger partial charge in [0, 0.05) is 25.5 Å². The van der Waals surface area contributed by atoms with Crippen LogP contribution in [0.5, 0.6) is 0 Å². The molecule has 0 bridgehead atoms. The van der Waals surface area contributed by atoms with Crippen LogP contribution in [0.2, 0.25) is 0 Å². The Morgan fingerprint density at radius 2 is 1.90 bits per heavy atom. The molecular formula is C26H29Br2N7O4. The number of fused-ring (bicyclic) bond motifs is 1. The van der Waals surface area contributed by atoms with E-state index in [2.05, 4.69) is 57.5 Å².